The normalized spacial score (nSPS) is 11.4. The van der Waals surface area contributed by atoms with Gasteiger partial charge < -0.3 is 15.2 Å². The van der Waals surface area contributed by atoms with Crippen LogP contribution in [-0.4, -0.2) is 29.0 Å². The zero-order valence-electron chi connectivity index (χ0n) is 13.6. The summed E-state index contributed by atoms with van der Waals surface area (Å²) in [4.78, 5) is 34.9. The number of amides is 1. The van der Waals surface area contributed by atoms with Crippen LogP contribution in [0.2, 0.25) is 0 Å². The van der Waals surface area contributed by atoms with Crippen molar-refractivity contribution in [3.8, 4) is 0 Å². The second-order valence-electron chi connectivity index (χ2n) is 5.49. The van der Waals surface area contributed by atoms with Crippen molar-refractivity contribution in [2.45, 2.75) is 25.5 Å². The van der Waals surface area contributed by atoms with Crippen LogP contribution in [0.3, 0.4) is 0 Å². The summed E-state index contributed by atoms with van der Waals surface area (Å²) in [6.07, 6.45) is -1.22. The molecule has 2 N–H and O–H groups in total. The Morgan fingerprint density at radius 2 is 1.48 bits per heavy atom. The minimum atomic E-state index is -1.23. The quantitative estimate of drug-likeness (QED) is 0.720. The van der Waals surface area contributed by atoms with Crippen LogP contribution in [-0.2, 0) is 27.4 Å². The fourth-order valence-corrected chi connectivity index (χ4v) is 2.27. The molecular formula is C19H19NO5. The lowest BCUT2D eigenvalue weighted by Gasteiger charge is -2.17. The average Bonchev–Trinajstić information content (AvgIpc) is 2.60. The number of ether oxygens (including phenoxy) is 1. The number of carbonyl (C=O) groups is 3. The molecule has 6 nitrogen and oxygen atoms in total. The second kappa shape index (κ2) is 9.22. The maximum absolute atomic E-state index is 12.1. The summed E-state index contributed by atoms with van der Waals surface area (Å²) >= 11 is 0. The molecule has 0 spiro atoms. The third kappa shape index (κ3) is 6.47. The molecule has 0 aliphatic rings. The van der Waals surface area contributed by atoms with Crippen molar-refractivity contribution in [2.75, 3.05) is 0 Å². The number of Topliss-reactive ketones (excluding diaryl/α,β-unsaturated/α-hetero) is 1. The molecule has 0 saturated carbocycles. The summed E-state index contributed by atoms with van der Waals surface area (Å²) in [7, 11) is 0. The van der Waals surface area contributed by atoms with Gasteiger partial charge in [0.1, 0.15) is 13.0 Å². The first-order valence-corrected chi connectivity index (χ1v) is 7.80. The number of alkyl carbamates (subject to hydrolysis) is 1. The lowest BCUT2D eigenvalue weighted by Crippen LogP contribution is -2.43. The summed E-state index contributed by atoms with van der Waals surface area (Å²) in [5.41, 5.74) is 1.63. The summed E-state index contributed by atoms with van der Waals surface area (Å²) in [5.74, 6) is -1.81. The number of hydrogen-bond acceptors (Lipinski definition) is 4. The highest BCUT2D eigenvalue weighted by molar-refractivity contribution is 5.99. The van der Waals surface area contributed by atoms with E-state index < -0.39 is 30.3 Å². The van der Waals surface area contributed by atoms with Crippen molar-refractivity contribution >= 4 is 17.8 Å². The molecular weight excluding hydrogens is 322 g/mol. The van der Waals surface area contributed by atoms with Gasteiger partial charge in [0.25, 0.3) is 0 Å². The Hall–Kier alpha value is -3.15. The maximum Gasteiger partial charge on any atom is 0.408 e. The number of nitrogens with one attached hydrogen (secondary N) is 1. The number of hydrogen-bond donors (Lipinski definition) is 2. The van der Waals surface area contributed by atoms with Crippen LogP contribution < -0.4 is 5.32 Å². The van der Waals surface area contributed by atoms with Gasteiger partial charge in [-0.15, -0.1) is 0 Å². The van der Waals surface area contributed by atoms with E-state index in [1.54, 1.807) is 12.1 Å². The van der Waals surface area contributed by atoms with Crippen molar-refractivity contribution in [1.82, 2.24) is 5.32 Å². The zero-order valence-corrected chi connectivity index (χ0v) is 13.6. The van der Waals surface area contributed by atoms with Crippen molar-refractivity contribution in [2.24, 2.45) is 0 Å². The molecule has 0 bridgehead atoms. The van der Waals surface area contributed by atoms with Gasteiger partial charge in [0, 0.05) is 0 Å². The fraction of sp³-hybridized carbons (Fsp3) is 0.211. The van der Waals surface area contributed by atoms with Crippen LogP contribution in [0.1, 0.15) is 17.5 Å². The molecule has 1 amide bonds. The van der Waals surface area contributed by atoms with Gasteiger partial charge in [0.15, 0.2) is 5.78 Å². The van der Waals surface area contributed by atoms with Gasteiger partial charge in [-0.3, -0.25) is 9.59 Å². The first-order valence-electron chi connectivity index (χ1n) is 7.80. The van der Waals surface area contributed by atoms with E-state index >= 15 is 0 Å². The van der Waals surface area contributed by atoms with E-state index in [-0.39, 0.29) is 13.0 Å². The zero-order chi connectivity index (χ0) is 18.1. The Bertz CT molecular complexity index is 715. The molecule has 0 aliphatic heterocycles. The van der Waals surface area contributed by atoms with E-state index in [1.807, 2.05) is 48.5 Å². The van der Waals surface area contributed by atoms with Crippen LogP contribution in [0.4, 0.5) is 4.79 Å². The van der Waals surface area contributed by atoms with Crippen LogP contribution in [0.25, 0.3) is 0 Å². The minimum absolute atomic E-state index is 0.0673. The number of rotatable bonds is 8. The number of carbonyl (C=O) groups excluding carboxylic acids is 2. The maximum atomic E-state index is 12.1. The van der Waals surface area contributed by atoms with Crippen LogP contribution >= 0.6 is 0 Å². The van der Waals surface area contributed by atoms with E-state index in [0.717, 1.165) is 11.1 Å². The van der Waals surface area contributed by atoms with Crippen LogP contribution in [0.5, 0.6) is 0 Å². The number of ketones is 1. The topological polar surface area (TPSA) is 92.7 Å². The molecule has 130 valence electrons. The van der Waals surface area contributed by atoms with Gasteiger partial charge in [0.2, 0.25) is 0 Å². The van der Waals surface area contributed by atoms with Crippen molar-refractivity contribution in [1.29, 1.82) is 0 Å². The van der Waals surface area contributed by atoms with Gasteiger partial charge in [-0.1, -0.05) is 60.7 Å². The molecule has 1 atom stereocenters. The summed E-state index contributed by atoms with van der Waals surface area (Å²) < 4.78 is 5.10. The number of benzene rings is 2. The van der Waals surface area contributed by atoms with E-state index in [4.69, 9.17) is 9.84 Å². The predicted molar refractivity (Wildman–Crippen MR) is 91.0 cm³/mol. The molecule has 2 aromatic carbocycles. The summed E-state index contributed by atoms with van der Waals surface area (Å²) in [6.45, 7) is 0.0673. The van der Waals surface area contributed by atoms with E-state index in [9.17, 15) is 14.4 Å². The van der Waals surface area contributed by atoms with Crippen LogP contribution in [0.15, 0.2) is 60.7 Å². The first kappa shape index (κ1) is 18.2. The van der Waals surface area contributed by atoms with Crippen molar-refractivity contribution in [3.05, 3.63) is 71.8 Å². The third-order valence-corrected chi connectivity index (χ3v) is 3.50. The van der Waals surface area contributed by atoms with Crippen LogP contribution in [0, 0.1) is 0 Å². The van der Waals surface area contributed by atoms with E-state index in [1.165, 1.54) is 0 Å². The van der Waals surface area contributed by atoms with Gasteiger partial charge in [-0.25, -0.2) is 4.79 Å². The SMILES string of the molecule is O=C(O)CC(=O)C(Cc1ccccc1)NC(=O)OCc1ccccc1. The molecule has 25 heavy (non-hydrogen) atoms. The van der Waals surface area contributed by atoms with Crippen molar-refractivity contribution in [3.63, 3.8) is 0 Å². The monoisotopic (exact) mass is 341 g/mol. The van der Waals surface area contributed by atoms with Crippen molar-refractivity contribution < 1.29 is 24.2 Å². The van der Waals surface area contributed by atoms with Gasteiger partial charge in [-0.05, 0) is 17.5 Å². The number of carboxylic acid groups (broad SMARTS) is 1. The molecule has 1 unspecified atom stereocenters. The summed E-state index contributed by atoms with van der Waals surface area (Å²) in [6, 6.07) is 17.2. The molecule has 0 fully saturated rings. The molecule has 0 saturated heterocycles. The molecule has 0 aliphatic carbocycles. The number of carboxylic acids is 1. The first-order chi connectivity index (χ1) is 12.0. The third-order valence-electron chi connectivity index (χ3n) is 3.50. The largest absolute Gasteiger partial charge is 0.481 e. The fourth-order valence-electron chi connectivity index (χ4n) is 2.27. The van der Waals surface area contributed by atoms with E-state index in [0.29, 0.717) is 0 Å². The molecule has 6 heteroatoms. The molecule has 2 aromatic rings. The lowest BCUT2D eigenvalue weighted by molar-refractivity contribution is -0.140. The predicted octanol–water partition coefficient (Wildman–Crippen LogP) is 2.57. The van der Waals surface area contributed by atoms with Gasteiger partial charge in [-0.2, -0.15) is 0 Å². The average molecular weight is 341 g/mol. The highest BCUT2D eigenvalue weighted by Crippen LogP contribution is 2.07. The second-order valence-corrected chi connectivity index (χ2v) is 5.49. The Kier molecular flexibility index (Phi) is 6.71. The van der Waals surface area contributed by atoms with Gasteiger partial charge >= 0.3 is 12.1 Å². The van der Waals surface area contributed by atoms with Gasteiger partial charge in [0.05, 0.1) is 6.04 Å². The summed E-state index contributed by atoms with van der Waals surface area (Å²) in [5, 5.41) is 11.3. The molecule has 0 heterocycles. The Morgan fingerprint density at radius 1 is 0.920 bits per heavy atom. The smallest absolute Gasteiger partial charge is 0.408 e. The molecule has 0 radical (unpaired) electrons. The Balaban J connectivity index is 1.97. The Morgan fingerprint density at radius 3 is 2.04 bits per heavy atom. The molecule has 2 rings (SSSR count). The molecule has 0 aromatic heterocycles. The standard InChI is InChI=1S/C19H19NO5/c21-17(12-18(22)23)16(11-14-7-3-1-4-8-14)20-19(24)25-13-15-9-5-2-6-10-15/h1-10,16H,11-13H2,(H,20,24)(H,22,23). The lowest BCUT2D eigenvalue weighted by atomic mass is 10.0. The minimum Gasteiger partial charge on any atom is -0.481 e. The Labute approximate surface area is 145 Å². The number of aliphatic carboxylic acids is 1. The highest BCUT2D eigenvalue weighted by Gasteiger charge is 2.23. The van der Waals surface area contributed by atoms with E-state index in [2.05, 4.69) is 5.32 Å². The highest BCUT2D eigenvalue weighted by atomic mass is 16.5.